The van der Waals surface area contributed by atoms with Gasteiger partial charge in [0, 0.05) is 30.4 Å². The largest absolute Gasteiger partial charge is 0.353 e. The Labute approximate surface area is 110 Å². The fourth-order valence-corrected chi connectivity index (χ4v) is 3.00. The maximum atomic E-state index is 6.07. The van der Waals surface area contributed by atoms with Gasteiger partial charge in [0.2, 0.25) is 0 Å². The summed E-state index contributed by atoms with van der Waals surface area (Å²) in [5, 5.41) is 0. The summed E-state index contributed by atoms with van der Waals surface area (Å²) in [5.74, 6) is 2.51. The van der Waals surface area contributed by atoms with E-state index in [1.807, 2.05) is 19.2 Å². The molecule has 1 aliphatic heterocycles. The minimum atomic E-state index is 0.0356. The fraction of sp³-hybridized carbons (Fsp3) is 0.667. The molecule has 0 radical (unpaired) electrons. The van der Waals surface area contributed by atoms with Crippen LogP contribution in [0, 0.1) is 11.8 Å². The molecule has 0 bridgehead atoms. The average Bonchev–Trinajstić information content (AvgIpc) is 2.33. The maximum absolute atomic E-state index is 6.07. The molecule has 3 heteroatoms. The summed E-state index contributed by atoms with van der Waals surface area (Å²) in [7, 11) is 0. The van der Waals surface area contributed by atoms with E-state index in [-0.39, 0.29) is 6.04 Å². The zero-order chi connectivity index (χ0) is 13.3. The van der Waals surface area contributed by atoms with Gasteiger partial charge >= 0.3 is 0 Å². The number of hydrogen-bond acceptors (Lipinski definition) is 3. The van der Waals surface area contributed by atoms with Crippen molar-refractivity contribution in [1.29, 1.82) is 0 Å². The molecule has 100 valence electrons. The van der Waals surface area contributed by atoms with Crippen LogP contribution in [0.5, 0.6) is 0 Å². The highest BCUT2D eigenvalue weighted by atomic mass is 15.2. The van der Waals surface area contributed by atoms with Crippen LogP contribution >= 0.6 is 0 Å². The molecular formula is C15H25N3. The Kier molecular flexibility index (Phi) is 3.91. The first kappa shape index (κ1) is 13.3. The van der Waals surface area contributed by atoms with Gasteiger partial charge in [0.05, 0.1) is 0 Å². The topological polar surface area (TPSA) is 42.2 Å². The first-order valence-corrected chi connectivity index (χ1v) is 6.97. The number of pyridine rings is 1. The van der Waals surface area contributed by atoms with E-state index in [2.05, 4.69) is 36.7 Å². The normalized spacial score (nSPS) is 30.3. The summed E-state index contributed by atoms with van der Waals surface area (Å²) in [6.07, 6.45) is 3.18. The molecule has 2 N–H and O–H groups in total. The van der Waals surface area contributed by atoms with Gasteiger partial charge in [-0.25, -0.2) is 4.98 Å². The van der Waals surface area contributed by atoms with Gasteiger partial charge in [-0.2, -0.15) is 0 Å². The van der Waals surface area contributed by atoms with Crippen LogP contribution in [0.25, 0.3) is 0 Å². The third-order valence-corrected chi connectivity index (χ3v) is 4.18. The molecule has 2 heterocycles. The highest BCUT2D eigenvalue weighted by Gasteiger charge is 2.30. The van der Waals surface area contributed by atoms with Crippen molar-refractivity contribution >= 4 is 5.82 Å². The summed E-state index contributed by atoms with van der Waals surface area (Å²) in [6.45, 7) is 10.1. The summed E-state index contributed by atoms with van der Waals surface area (Å²) in [6, 6.07) is 4.65. The molecule has 4 atom stereocenters. The molecule has 1 aromatic heterocycles. The number of rotatable bonds is 2. The van der Waals surface area contributed by atoms with Crippen LogP contribution in [0.4, 0.5) is 5.82 Å². The first-order valence-electron chi connectivity index (χ1n) is 6.97. The third-order valence-electron chi connectivity index (χ3n) is 4.18. The Bertz CT molecular complexity index is 402. The van der Waals surface area contributed by atoms with Crippen LogP contribution in [0.1, 0.15) is 45.7 Å². The van der Waals surface area contributed by atoms with E-state index in [1.165, 1.54) is 6.42 Å². The quantitative estimate of drug-likeness (QED) is 0.873. The zero-order valence-corrected chi connectivity index (χ0v) is 11.9. The monoisotopic (exact) mass is 247 g/mol. The van der Waals surface area contributed by atoms with Crippen molar-refractivity contribution in [1.82, 2.24) is 4.98 Å². The Balaban J connectivity index is 2.35. The van der Waals surface area contributed by atoms with E-state index in [9.17, 15) is 0 Å². The molecular weight excluding hydrogens is 222 g/mol. The van der Waals surface area contributed by atoms with Crippen LogP contribution in [0.3, 0.4) is 0 Å². The molecule has 0 spiro atoms. The van der Waals surface area contributed by atoms with Crippen molar-refractivity contribution < 1.29 is 0 Å². The SMILES string of the molecule is CC1CC(C)C(C)N(c2ncccc2[C@@H](C)N)C1. The van der Waals surface area contributed by atoms with Gasteiger partial charge in [0.25, 0.3) is 0 Å². The predicted molar refractivity (Wildman–Crippen MR) is 76.6 cm³/mol. The van der Waals surface area contributed by atoms with Crippen molar-refractivity contribution in [3.63, 3.8) is 0 Å². The maximum Gasteiger partial charge on any atom is 0.133 e. The summed E-state index contributed by atoms with van der Waals surface area (Å²) in [5.41, 5.74) is 7.23. The lowest BCUT2D eigenvalue weighted by Crippen LogP contribution is -2.46. The second kappa shape index (κ2) is 5.27. The number of piperidine rings is 1. The van der Waals surface area contributed by atoms with Crippen LogP contribution in [-0.4, -0.2) is 17.6 Å². The van der Waals surface area contributed by atoms with Crippen LogP contribution < -0.4 is 10.6 Å². The number of aromatic nitrogens is 1. The summed E-state index contributed by atoms with van der Waals surface area (Å²) in [4.78, 5) is 7.03. The van der Waals surface area contributed by atoms with Crippen molar-refractivity contribution in [3.05, 3.63) is 23.9 Å². The second-order valence-corrected chi connectivity index (χ2v) is 5.92. The predicted octanol–water partition coefficient (Wildman–Crippen LogP) is 2.97. The Morgan fingerprint density at radius 2 is 2.11 bits per heavy atom. The lowest BCUT2D eigenvalue weighted by Gasteiger charge is -2.42. The summed E-state index contributed by atoms with van der Waals surface area (Å²) < 4.78 is 0. The number of nitrogens with zero attached hydrogens (tertiary/aromatic N) is 2. The van der Waals surface area contributed by atoms with Crippen LogP contribution in [0.15, 0.2) is 18.3 Å². The summed E-state index contributed by atoms with van der Waals surface area (Å²) >= 11 is 0. The highest BCUT2D eigenvalue weighted by molar-refractivity contribution is 5.49. The number of anilines is 1. The van der Waals surface area contributed by atoms with Crippen molar-refractivity contribution in [3.8, 4) is 0 Å². The van der Waals surface area contributed by atoms with Gasteiger partial charge in [0.15, 0.2) is 0 Å². The third kappa shape index (κ3) is 2.51. The molecule has 0 amide bonds. The molecule has 2 rings (SSSR count). The number of nitrogens with two attached hydrogens (primary N) is 1. The first-order chi connectivity index (χ1) is 8.50. The van der Waals surface area contributed by atoms with Crippen LogP contribution in [-0.2, 0) is 0 Å². The average molecular weight is 247 g/mol. The Morgan fingerprint density at radius 3 is 2.78 bits per heavy atom. The molecule has 3 nitrogen and oxygen atoms in total. The van der Waals surface area contributed by atoms with E-state index in [1.54, 1.807) is 0 Å². The molecule has 1 aliphatic rings. The molecule has 3 unspecified atom stereocenters. The van der Waals surface area contributed by atoms with Crippen LogP contribution in [0.2, 0.25) is 0 Å². The molecule has 0 aromatic carbocycles. The van der Waals surface area contributed by atoms with Gasteiger partial charge in [-0.1, -0.05) is 19.9 Å². The molecule has 0 aliphatic carbocycles. The van der Waals surface area contributed by atoms with E-state index >= 15 is 0 Å². The van der Waals surface area contributed by atoms with E-state index in [0.717, 1.165) is 23.8 Å². The molecule has 1 fully saturated rings. The van der Waals surface area contributed by atoms with Crippen molar-refractivity contribution in [2.45, 2.75) is 46.2 Å². The van der Waals surface area contributed by atoms with Gasteiger partial charge in [-0.3, -0.25) is 0 Å². The Hall–Kier alpha value is -1.09. The van der Waals surface area contributed by atoms with Crippen molar-refractivity contribution in [2.75, 3.05) is 11.4 Å². The lowest BCUT2D eigenvalue weighted by molar-refractivity contribution is 0.295. The number of hydrogen-bond donors (Lipinski definition) is 1. The zero-order valence-electron chi connectivity index (χ0n) is 11.9. The molecule has 1 aromatic rings. The molecule has 0 saturated carbocycles. The van der Waals surface area contributed by atoms with Gasteiger partial charge in [-0.15, -0.1) is 0 Å². The van der Waals surface area contributed by atoms with E-state index in [0.29, 0.717) is 12.0 Å². The standard InChI is InChI=1S/C15H25N3/c1-10-8-11(2)13(4)18(9-10)15-14(12(3)16)6-5-7-17-15/h5-7,10-13H,8-9,16H2,1-4H3/t10?,11?,12-,13?/m1/s1. The Morgan fingerprint density at radius 1 is 1.39 bits per heavy atom. The van der Waals surface area contributed by atoms with Gasteiger partial charge in [0.1, 0.15) is 5.82 Å². The van der Waals surface area contributed by atoms with Crippen molar-refractivity contribution in [2.24, 2.45) is 17.6 Å². The van der Waals surface area contributed by atoms with E-state index < -0.39 is 0 Å². The van der Waals surface area contributed by atoms with E-state index in [4.69, 9.17) is 5.73 Å². The lowest BCUT2D eigenvalue weighted by atomic mass is 9.85. The molecule has 1 saturated heterocycles. The van der Waals surface area contributed by atoms with Gasteiger partial charge in [-0.05, 0) is 38.2 Å². The minimum Gasteiger partial charge on any atom is -0.353 e. The van der Waals surface area contributed by atoms with Gasteiger partial charge < -0.3 is 10.6 Å². The fourth-order valence-electron chi connectivity index (χ4n) is 3.00. The second-order valence-electron chi connectivity index (χ2n) is 5.92. The minimum absolute atomic E-state index is 0.0356. The smallest absolute Gasteiger partial charge is 0.133 e. The highest BCUT2D eigenvalue weighted by Crippen LogP contribution is 2.33. The molecule has 18 heavy (non-hydrogen) atoms.